The van der Waals surface area contributed by atoms with E-state index in [4.69, 9.17) is 9.05 Å². The number of hydrogen-bond donors (Lipinski definition) is 2. The lowest BCUT2D eigenvalue weighted by molar-refractivity contribution is -0.870. The van der Waals surface area contributed by atoms with Crippen molar-refractivity contribution in [2.45, 2.75) is 315 Å². The fourth-order valence-corrected chi connectivity index (χ4v) is 9.82. The van der Waals surface area contributed by atoms with E-state index < -0.39 is 20.0 Å². The van der Waals surface area contributed by atoms with E-state index in [9.17, 15) is 19.4 Å². The average molecular weight is 970 g/mol. The fraction of sp³-hybridized carbons (Fsp3) is 0.948. The van der Waals surface area contributed by atoms with E-state index in [1.807, 2.05) is 27.2 Å². The molecule has 0 heterocycles. The van der Waals surface area contributed by atoms with Gasteiger partial charge >= 0.3 is 0 Å². The molecule has 0 aromatic carbocycles. The normalized spacial score (nSPS) is 14.0. The summed E-state index contributed by atoms with van der Waals surface area (Å²) >= 11 is 0. The van der Waals surface area contributed by atoms with Crippen LogP contribution in [0.1, 0.15) is 303 Å². The number of aliphatic hydroxyl groups is 1. The lowest BCUT2D eigenvalue weighted by Crippen LogP contribution is -2.45. The Morgan fingerprint density at radius 1 is 0.507 bits per heavy atom. The predicted octanol–water partition coefficient (Wildman–Crippen LogP) is 17.2. The van der Waals surface area contributed by atoms with Crippen LogP contribution in [0.15, 0.2) is 12.2 Å². The molecule has 0 aliphatic rings. The van der Waals surface area contributed by atoms with Gasteiger partial charge in [0.1, 0.15) is 13.2 Å². The van der Waals surface area contributed by atoms with Crippen LogP contribution in [0.5, 0.6) is 0 Å². The topological polar surface area (TPSA) is 108 Å². The zero-order valence-electron chi connectivity index (χ0n) is 45.6. The molecular formula is C58H117N2O6P. The Labute approximate surface area is 418 Å². The molecule has 1 amide bonds. The molecule has 0 spiro atoms. The maximum absolute atomic E-state index is 13.0. The molecule has 0 radical (unpaired) electrons. The summed E-state index contributed by atoms with van der Waals surface area (Å²) in [6.07, 6.45) is 61.4. The summed E-state index contributed by atoms with van der Waals surface area (Å²) in [5, 5.41) is 13.9. The first-order valence-corrected chi connectivity index (χ1v) is 31.0. The van der Waals surface area contributed by atoms with E-state index in [0.717, 1.165) is 38.5 Å². The molecule has 0 aliphatic heterocycles. The molecule has 0 aromatic rings. The van der Waals surface area contributed by atoms with Crippen LogP contribution in [0.25, 0.3) is 0 Å². The summed E-state index contributed by atoms with van der Waals surface area (Å²) in [6.45, 7) is 4.70. The third-order valence-electron chi connectivity index (χ3n) is 13.7. The van der Waals surface area contributed by atoms with Crippen molar-refractivity contribution in [3.63, 3.8) is 0 Å². The number of phosphoric acid groups is 1. The van der Waals surface area contributed by atoms with Crippen molar-refractivity contribution in [3.05, 3.63) is 12.2 Å². The maximum Gasteiger partial charge on any atom is 0.268 e. The molecule has 400 valence electrons. The number of carbonyl (C=O) groups is 1. The lowest BCUT2D eigenvalue weighted by Gasteiger charge is -2.29. The molecule has 67 heavy (non-hydrogen) atoms. The molecule has 2 N–H and O–H groups in total. The van der Waals surface area contributed by atoms with Crippen molar-refractivity contribution < 1.29 is 32.9 Å². The van der Waals surface area contributed by atoms with Crippen LogP contribution < -0.4 is 10.2 Å². The van der Waals surface area contributed by atoms with Gasteiger partial charge in [0, 0.05) is 6.42 Å². The first kappa shape index (κ1) is 66.2. The van der Waals surface area contributed by atoms with Crippen LogP contribution in [0.2, 0.25) is 0 Å². The highest BCUT2D eigenvalue weighted by Gasteiger charge is 2.23. The molecule has 9 heteroatoms. The molecule has 0 aromatic heterocycles. The molecule has 3 atom stereocenters. The lowest BCUT2D eigenvalue weighted by atomic mass is 10.0. The fourth-order valence-electron chi connectivity index (χ4n) is 9.10. The number of nitrogens with zero attached hydrogens (tertiary/aromatic N) is 1. The molecule has 0 aliphatic carbocycles. The van der Waals surface area contributed by atoms with E-state index in [-0.39, 0.29) is 19.1 Å². The largest absolute Gasteiger partial charge is 0.756 e. The average Bonchev–Trinajstić information content (AvgIpc) is 3.29. The van der Waals surface area contributed by atoms with Crippen LogP contribution in [-0.2, 0) is 18.4 Å². The van der Waals surface area contributed by atoms with Gasteiger partial charge in [0.25, 0.3) is 7.82 Å². The Bertz CT molecular complexity index is 1100. The summed E-state index contributed by atoms with van der Waals surface area (Å²) in [5.74, 6) is -0.190. The van der Waals surface area contributed by atoms with Crippen molar-refractivity contribution in [2.75, 3.05) is 40.9 Å². The number of allylic oxidation sites excluding steroid dienone is 1. The maximum atomic E-state index is 13.0. The van der Waals surface area contributed by atoms with Crippen LogP contribution in [-0.4, -0.2) is 68.5 Å². The van der Waals surface area contributed by atoms with Crippen LogP contribution in [0.3, 0.4) is 0 Å². The second-order valence-corrected chi connectivity index (χ2v) is 23.1. The highest BCUT2D eigenvalue weighted by molar-refractivity contribution is 7.45. The number of hydrogen-bond acceptors (Lipinski definition) is 6. The van der Waals surface area contributed by atoms with Crippen molar-refractivity contribution in [3.8, 4) is 0 Å². The second kappa shape index (κ2) is 50.2. The Morgan fingerprint density at radius 3 is 1.12 bits per heavy atom. The van der Waals surface area contributed by atoms with E-state index in [1.54, 1.807) is 6.08 Å². The van der Waals surface area contributed by atoms with Gasteiger partial charge in [0.15, 0.2) is 0 Å². The minimum absolute atomic E-state index is 0.00273. The third-order valence-corrected chi connectivity index (χ3v) is 14.7. The first-order chi connectivity index (χ1) is 32.5. The molecular weight excluding hydrogens is 852 g/mol. The second-order valence-electron chi connectivity index (χ2n) is 21.7. The molecule has 0 rings (SSSR count). The van der Waals surface area contributed by atoms with Crippen LogP contribution in [0, 0.1) is 0 Å². The highest BCUT2D eigenvalue weighted by atomic mass is 31.2. The number of nitrogens with one attached hydrogen (secondary N) is 1. The van der Waals surface area contributed by atoms with Gasteiger partial charge in [-0.3, -0.25) is 9.36 Å². The van der Waals surface area contributed by atoms with Gasteiger partial charge in [0.05, 0.1) is 39.9 Å². The van der Waals surface area contributed by atoms with Gasteiger partial charge in [0.2, 0.25) is 5.91 Å². The van der Waals surface area contributed by atoms with Gasteiger partial charge in [-0.25, -0.2) is 0 Å². The van der Waals surface area contributed by atoms with Gasteiger partial charge in [-0.1, -0.05) is 289 Å². The molecule has 8 nitrogen and oxygen atoms in total. The zero-order valence-corrected chi connectivity index (χ0v) is 46.5. The summed E-state index contributed by atoms with van der Waals surface area (Å²) in [5.41, 5.74) is 0. The van der Waals surface area contributed by atoms with E-state index in [1.165, 1.54) is 244 Å². The minimum atomic E-state index is -4.59. The summed E-state index contributed by atoms with van der Waals surface area (Å²) in [4.78, 5) is 25.5. The molecule has 0 fully saturated rings. The number of phosphoric ester groups is 1. The van der Waals surface area contributed by atoms with Gasteiger partial charge in [-0.05, 0) is 19.3 Å². The Balaban J connectivity index is 4.15. The summed E-state index contributed by atoms with van der Waals surface area (Å²) in [6, 6.07) is -0.882. The number of rotatable bonds is 55. The smallest absolute Gasteiger partial charge is 0.268 e. The Morgan fingerprint density at radius 2 is 0.806 bits per heavy atom. The van der Waals surface area contributed by atoms with Crippen molar-refractivity contribution in [1.29, 1.82) is 0 Å². The summed E-state index contributed by atoms with van der Waals surface area (Å²) in [7, 11) is 1.28. The molecule has 0 saturated heterocycles. The molecule has 3 unspecified atom stereocenters. The van der Waals surface area contributed by atoms with Gasteiger partial charge < -0.3 is 28.8 Å². The molecule has 0 saturated carbocycles. The number of unbranched alkanes of at least 4 members (excludes halogenated alkanes) is 42. The third kappa shape index (κ3) is 52.9. The van der Waals surface area contributed by atoms with Crippen LogP contribution >= 0.6 is 7.82 Å². The van der Waals surface area contributed by atoms with Crippen LogP contribution in [0.4, 0.5) is 0 Å². The van der Waals surface area contributed by atoms with Gasteiger partial charge in [-0.2, -0.15) is 0 Å². The number of aliphatic hydroxyl groups excluding tert-OH is 1. The van der Waals surface area contributed by atoms with E-state index in [0.29, 0.717) is 17.4 Å². The Hall–Kier alpha value is -0.760. The van der Waals surface area contributed by atoms with Gasteiger partial charge in [-0.15, -0.1) is 0 Å². The number of amides is 1. The van der Waals surface area contributed by atoms with Crippen molar-refractivity contribution in [2.24, 2.45) is 0 Å². The van der Waals surface area contributed by atoms with E-state index in [2.05, 4.69) is 19.2 Å². The monoisotopic (exact) mass is 969 g/mol. The minimum Gasteiger partial charge on any atom is -0.756 e. The van der Waals surface area contributed by atoms with Crippen molar-refractivity contribution >= 4 is 13.7 Å². The standard InChI is InChI=1S/C58H117N2O6P/c1-6-8-10-12-14-16-18-20-22-24-26-28-29-30-31-32-34-36-38-40-42-44-46-48-50-52-58(62)59-56(55-66-67(63,64)65-54-53-60(3,4)5)57(61)51-49-47-45-43-41-39-37-35-33-27-25-23-21-19-17-15-13-11-9-7-2/h49,51,56-57,61H,6-48,50,52-55H2,1-5H3,(H-,59,62,63,64)/b51-49+. The zero-order chi connectivity index (χ0) is 49.2. The predicted molar refractivity (Wildman–Crippen MR) is 289 cm³/mol. The quantitative estimate of drug-likeness (QED) is 0.0272. The Kier molecular flexibility index (Phi) is 49.6. The highest BCUT2D eigenvalue weighted by Crippen LogP contribution is 2.38. The first-order valence-electron chi connectivity index (χ1n) is 29.6. The van der Waals surface area contributed by atoms with E-state index >= 15 is 0 Å². The van der Waals surface area contributed by atoms with Crippen molar-refractivity contribution in [1.82, 2.24) is 5.32 Å². The number of likely N-dealkylation sites (N-methyl/N-ethyl adjacent to an activating group) is 1. The summed E-state index contributed by atoms with van der Waals surface area (Å²) < 4.78 is 23.4. The number of carbonyl (C=O) groups excluding carboxylic acids is 1. The molecule has 0 bridgehead atoms. The SMILES string of the molecule is CCCCCCCCCCCCCCCCCCCC/C=C/C(O)C(COP(=O)([O-])OCC[N+](C)(C)C)NC(=O)CCCCCCCCCCCCCCCCCCCCCCCCCCC. The number of quaternary nitrogens is 1.